The number of rotatable bonds is 6. The van der Waals surface area contributed by atoms with Crippen LogP contribution in [0.15, 0.2) is 36.8 Å². The largest absolute Gasteiger partial charge is 0.370 e. The first kappa shape index (κ1) is 13.9. The minimum absolute atomic E-state index is 0.238. The zero-order valence-electron chi connectivity index (χ0n) is 11.3. The van der Waals surface area contributed by atoms with Gasteiger partial charge in [-0.1, -0.05) is 13.0 Å². The van der Waals surface area contributed by atoms with Crippen molar-refractivity contribution in [2.45, 2.75) is 19.9 Å². The standard InChI is InChI=1S/C14H17N5O/c1-2-6-16-13-8-12(18-10-19-13)14(20)17-9-11-5-3-4-7-15-11/h3-5,7-8,10H,2,6,9H2,1H3,(H,17,20)(H,16,18,19). The molecular weight excluding hydrogens is 254 g/mol. The van der Waals surface area contributed by atoms with Crippen molar-refractivity contribution in [2.24, 2.45) is 0 Å². The van der Waals surface area contributed by atoms with Crippen LogP contribution in [0.25, 0.3) is 0 Å². The zero-order chi connectivity index (χ0) is 14.2. The molecule has 2 heterocycles. The van der Waals surface area contributed by atoms with Gasteiger partial charge in [0.05, 0.1) is 12.2 Å². The van der Waals surface area contributed by atoms with E-state index in [1.165, 1.54) is 6.33 Å². The quantitative estimate of drug-likeness (QED) is 0.834. The van der Waals surface area contributed by atoms with Gasteiger partial charge in [-0.3, -0.25) is 9.78 Å². The number of nitrogens with zero attached hydrogens (tertiary/aromatic N) is 3. The minimum Gasteiger partial charge on any atom is -0.370 e. The van der Waals surface area contributed by atoms with Crippen molar-refractivity contribution in [2.75, 3.05) is 11.9 Å². The number of pyridine rings is 1. The molecule has 0 atom stereocenters. The maximum absolute atomic E-state index is 12.0. The molecule has 0 spiro atoms. The van der Waals surface area contributed by atoms with Crippen LogP contribution in [0, 0.1) is 0 Å². The minimum atomic E-state index is -0.238. The first-order valence-electron chi connectivity index (χ1n) is 6.53. The van der Waals surface area contributed by atoms with E-state index in [2.05, 4.69) is 32.5 Å². The number of carbonyl (C=O) groups is 1. The second-order valence-electron chi connectivity index (χ2n) is 4.22. The number of anilines is 1. The molecule has 0 aliphatic rings. The highest BCUT2D eigenvalue weighted by atomic mass is 16.1. The van der Waals surface area contributed by atoms with Crippen LogP contribution >= 0.6 is 0 Å². The summed E-state index contributed by atoms with van der Waals surface area (Å²) in [6, 6.07) is 7.21. The van der Waals surface area contributed by atoms with Gasteiger partial charge in [-0.2, -0.15) is 0 Å². The molecule has 104 valence electrons. The molecule has 2 rings (SSSR count). The fraction of sp³-hybridized carbons (Fsp3) is 0.286. The highest BCUT2D eigenvalue weighted by Crippen LogP contribution is 2.04. The Kier molecular flexibility index (Phi) is 5.00. The highest BCUT2D eigenvalue weighted by molar-refractivity contribution is 5.92. The Morgan fingerprint density at radius 1 is 1.25 bits per heavy atom. The van der Waals surface area contributed by atoms with E-state index < -0.39 is 0 Å². The summed E-state index contributed by atoms with van der Waals surface area (Å²) < 4.78 is 0. The van der Waals surface area contributed by atoms with Gasteiger partial charge >= 0.3 is 0 Å². The molecule has 0 aliphatic heterocycles. The summed E-state index contributed by atoms with van der Waals surface area (Å²) in [5.41, 5.74) is 1.15. The molecule has 6 heteroatoms. The predicted octanol–water partition coefficient (Wildman–Crippen LogP) is 1.62. The molecule has 0 unspecified atom stereocenters. The zero-order valence-corrected chi connectivity index (χ0v) is 11.3. The first-order chi connectivity index (χ1) is 9.79. The van der Waals surface area contributed by atoms with Gasteiger partial charge in [-0.25, -0.2) is 9.97 Å². The lowest BCUT2D eigenvalue weighted by Gasteiger charge is -2.06. The van der Waals surface area contributed by atoms with Crippen molar-refractivity contribution < 1.29 is 4.79 Å². The molecule has 1 amide bonds. The molecule has 0 bridgehead atoms. The normalized spacial score (nSPS) is 10.1. The fourth-order valence-electron chi connectivity index (χ4n) is 1.60. The highest BCUT2D eigenvalue weighted by Gasteiger charge is 2.08. The summed E-state index contributed by atoms with van der Waals surface area (Å²) in [7, 11) is 0. The summed E-state index contributed by atoms with van der Waals surface area (Å²) in [5, 5.41) is 5.90. The third kappa shape index (κ3) is 4.01. The lowest BCUT2D eigenvalue weighted by atomic mass is 10.3. The molecule has 2 aromatic rings. The van der Waals surface area contributed by atoms with E-state index in [4.69, 9.17) is 0 Å². The Hall–Kier alpha value is -2.50. The predicted molar refractivity (Wildman–Crippen MR) is 76.2 cm³/mol. The number of hydrogen-bond acceptors (Lipinski definition) is 5. The summed E-state index contributed by atoms with van der Waals surface area (Å²) in [6.45, 7) is 3.25. The van der Waals surface area contributed by atoms with Gasteiger partial charge < -0.3 is 10.6 Å². The van der Waals surface area contributed by atoms with Gasteiger partial charge in [-0.15, -0.1) is 0 Å². The van der Waals surface area contributed by atoms with E-state index in [-0.39, 0.29) is 5.91 Å². The van der Waals surface area contributed by atoms with Crippen molar-refractivity contribution >= 4 is 11.7 Å². The number of carbonyl (C=O) groups excluding carboxylic acids is 1. The molecule has 0 fully saturated rings. The van der Waals surface area contributed by atoms with Gasteiger partial charge in [0.1, 0.15) is 17.8 Å². The van der Waals surface area contributed by atoms with Gasteiger partial charge in [0.25, 0.3) is 5.91 Å². The van der Waals surface area contributed by atoms with Crippen LogP contribution in [-0.2, 0) is 6.54 Å². The maximum atomic E-state index is 12.0. The average molecular weight is 271 g/mol. The van der Waals surface area contributed by atoms with Crippen LogP contribution < -0.4 is 10.6 Å². The first-order valence-corrected chi connectivity index (χ1v) is 6.53. The second-order valence-corrected chi connectivity index (χ2v) is 4.22. The van der Waals surface area contributed by atoms with Gasteiger partial charge in [0, 0.05) is 18.8 Å². The Bertz CT molecular complexity index is 559. The van der Waals surface area contributed by atoms with Gasteiger partial charge in [0.2, 0.25) is 0 Å². The van der Waals surface area contributed by atoms with Crippen molar-refractivity contribution in [1.82, 2.24) is 20.3 Å². The summed E-state index contributed by atoms with van der Waals surface area (Å²) >= 11 is 0. The molecular formula is C14H17N5O. The monoisotopic (exact) mass is 271 g/mol. The molecule has 2 N–H and O–H groups in total. The smallest absolute Gasteiger partial charge is 0.270 e. The van der Waals surface area contributed by atoms with E-state index in [1.807, 2.05) is 18.2 Å². The van der Waals surface area contributed by atoms with E-state index >= 15 is 0 Å². The molecule has 6 nitrogen and oxygen atoms in total. The van der Waals surface area contributed by atoms with Gasteiger partial charge in [0.15, 0.2) is 0 Å². The second kappa shape index (κ2) is 7.18. The fourth-order valence-corrected chi connectivity index (χ4v) is 1.60. The van der Waals surface area contributed by atoms with Crippen LogP contribution in [0.5, 0.6) is 0 Å². The van der Waals surface area contributed by atoms with Crippen LogP contribution in [0.1, 0.15) is 29.5 Å². The third-order valence-electron chi connectivity index (χ3n) is 2.61. The Morgan fingerprint density at radius 2 is 2.15 bits per heavy atom. The van der Waals surface area contributed by atoms with Gasteiger partial charge in [-0.05, 0) is 18.6 Å². The number of amides is 1. The van der Waals surface area contributed by atoms with Crippen LogP contribution in [0.2, 0.25) is 0 Å². The van der Waals surface area contributed by atoms with Crippen LogP contribution in [-0.4, -0.2) is 27.4 Å². The van der Waals surface area contributed by atoms with E-state index in [0.717, 1.165) is 18.7 Å². The van der Waals surface area contributed by atoms with Crippen LogP contribution in [0.4, 0.5) is 5.82 Å². The third-order valence-corrected chi connectivity index (χ3v) is 2.61. The van der Waals surface area contributed by atoms with Crippen molar-refractivity contribution in [3.05, 3.63) is 48.2 Å². The van der Waals surface area contributed by atoms with Crippen molar-refractivity contribution in [3.8, 4) is 0 Å². The van der Waals surface area contributed by atoms with E-state index in [0.29, 0.717) is 18.1 Å². The summed E-state index contributed by atoms with van der Waals surface area (Å²) in [4.78, 5) is 24.2. The molecule has 0 radical (unpaired) electrons. The lowest BCUT2D eigenvalue weighted by Crippen LogP contribution is -2.24. The molecule has 0 saturated carbocycles. The van der Waals surface area contributed by atoms with E-state index in [9.17, 15) is 4.79 Å². The van der Waals surface area contributed by atoms with Crippen molar-refractivity contribution in [1.29, 1.82) is 0 Å². The summed E-state index contributed by atoms with van der Waals surface area (Å²) in [5.74, 6) is 0.419. The topological polar surface area (TPSA) is 79.8 Å². The molecule has 2 aromatic heterocycles. The molecule has 20 heavy (non-hydrogen) atoms. The summed E-state index contributed by atoms with van der Waals surface area (Å²) in [6.07, 6.45) is 4.07. The SMILES string of the molecule is CCCNc1cc(C(=O)NCc2ccccn2)ncn1. The number of aromatic nitrogens is 3. The molecule has 0 saturated heterocycles. The Labute approximate surface area is 117 Å². The average Bonchev–Trinajstić information content (AvgIpc) is 2.52. The number of nitrogens with one attached hydrogen (secondary N) is 2. The molecule has 0 aliphatic carbocycles. The van der Waals surface area contributed by atoms with E-state index in [1.54, 1.807) is 12.3 Å². The maximum Gasteiger partial charge on any atom is 0.270 e. The van der Waals surface area contributed by atoms with Crippen LogP contribution in [0.3, 0.4) is 0 Å². The Morgan fingerprint density at radius 3 is 2.90 bits per heavy atom. The van der Waals surface area contributed by atoms with Crippen molar-refractivity contribution in [3.63, 3.8) is 0 Å². The number of hydrogen-bond donors (Lipinski definition) is 2. The molecule has 0 aromatic carbocycles. The Balaban J connectivity index is 1.95. The lowest BCUT2D eigenvalue weighted by molar-refractivity contribution is 0.0945.